The highest BCUT2D eigenvalue weighted by Gasteiger charge is 2.25. The van der Waals surface area contributed by atoms with Gasteiger partial charge in [0.05, 0.1) is 0 Å². The zero-order valence-electron chi connectivity index (χ0n) is 9.66. The predicted molar refractivity (Wildman–Crippen MR) is 65.9 cm³/mol. The van der Waals surface area contributed by atoms with Gasteiger partial charge in [-0.2, -0.15) is 0 Å². The molecule has 1 aromatic heterocycles. The highest BCUT2D eigenvalue weighted by Crippen LogP contribution is 2.30. The van der Waals surface area contributed by atoms with Crippen molar-refractivity contribution in [3.8, 4) is 5.88 Å². The molecule has 1 fully saturated rings. The lowest BCUT2D eigenvalue weighted by atomic mass is 9.85. The van der Waals surface area contributed by atoms with Crippen molar-refractivity contribution in [2.24, 2.45) is 5.92 Å². The molecule has 1 aliphatic rings. The Bertz CT molecular complexity index is 342. The van der Waals surface area contributed by atoms with Crippen molar-refractivity contribution in [1.82, 2.24) is 4.98 Å². The summed E-state index contributed by atoms with van der Waals surface area (Å²) in [7, 11) is 0. The normalized spacial score (nSPS) is 25.4. The molecular weight excluding hydrogens is 222 g/mol. The molecule has 1 heterocycles. The molecule has 0 aliphatic heterocycles. The van der Waals surface area contributed by atoms with Gasteiger partial charge in [-0.05, 0) is 37.7 Å². The molecule has 0 amide bonds. The van der Waals surface area contributed by atoms with Gasteiger partial charge in [-0.25, -0.2) is 4.98 Å². The number of nitrogens with zero attached hydrogens (tertiary/aromatic N) is 1. The van der Waals surface area contributed by atoms with Gasteiger partial charge in [0.25, 0.3) is 0 Å². The summed E-state index contributed by atoms with van der Waals surface area (Å²) in [6, 6.07) is 5.54. The van der Waals surface area contributed by atoms with E-state index in [1.54, 1.807) is 6.07 Å². The van der Waals surface area contributed by atoms with Gasteiger partial charge in [-0.15, -0.1) is 0 Å². The molecule has 16 heavy (non-hydrogen) atoms. The average Bonchev–Trinajstić information content (AvgIpc) is 2.30. The third kappa shape index (κ3) is 2.88. The Morgan fingerprint density at radius 1 is 1.38 bits per heavy atom. The second-order valence-corrected chi connectivity index (χ2v) is 4.79. The zero-order chi connectivity index (χ0) is 11.4. The second-order valence-electron chi connectivity index (χ2n) is 4.41. The molecule has 0 saturated heterocycles. The van der Waals surface area contributed by atoms with Crippen LogP contribution < -0.4 is 4.74 Å². The highest BCUT2D eigenvalue weighted by atomic mass is 35.5. The van der Waals surface area contributed by atoms with Gasteiger partial charge in [0.2, 0.25) is 5.88 Å². The van der Waals surface area contributed by atoms with E-state index >= 15 is 0 Å². The standard InChI is InChI=1S/C13H18ClNO/c1-2-10-6-3-4-7-11(10)16-13-9-5-8-12(14)15-13/h5,8-11H,2-4,6-7H2,1H3. The Morgan fingerprint density at radius 2 is 2.19 bits per heavy atom. The van der Waals surface area contributed by atoms with Crippen molar-refractivity contribution in [2.75, 3.05) is 0 Å². The Balaban J connectivity index is 2.02. The minimum atomic E-state index is 0.324. The molecule has 3 heteroatoms. The Kier molecular flexibility index (Phi) is 4.05. The Morgan fingerprint density at radius 3 is 2.94 bits per heavy atom. The van der Waals surface area contributed by atoms with Crippen molar-refractivity contribution < 1.29 is 4.74 Å². The van der Waals surface area contributed by atoms with Crippen LogP contribution in [0.1, 0.15) is 39.0 Å². The third-order valence-electron chi connectivity index (χ3n) is 3.33. The summed E-state index contributed by atoms with van der Waals surface area (Å²) in [4.78, 5) is 4.18. The van der Waals surface area contributed by atoms with Gasteiger partial charge in [-0.3, -0.25) is 0 Å². The molecule has 2 atom stereocenters. The lowest BCUT2D eigenvalue weighted by Crippen LogP contribution is -2.30. The largest absolute Gasteiger partial charge is 0.474 e. The lowest BCUT2D eigenvalue weighted by Gasteiger charge is -2.30. The van der Waals surface area contributed by atoms with Gasteiger partial charge in [-0.1, -0.05) is 31.0 Å². The van der Waals surface area contributed by atoms with Crippen molar-refractivity contribution in [3.63, 3.8) is 0 Å². The van der Waals surface area contributed by atoms with Crippen LogP contribution in [0, 0.1) is 5.92 Å². The number of pyridine rings is 1. The van der Waals surface area contributed by atoms with Crippen LogP contribution in [0.25, 0.3) is 0 Å². The van der Waals surface area contributed by atoms with Crippen LogP contribution in [0.3, 0.4) is 0 Å². The Hall–Kier alpha value is -0.760. The minimum Gasteiger partial charge on any atom is -0.474 e. The van der Waals surface area contributed by atoms with E-state index in [4.69, 9.17) is 16.3 Å². The number of hydrogen-bond acceptors (Lipinski definition) is 2. The Labute approximate surface area is 102 Å². The van der Waals surface area contributed by atoms with Crippen LogP contribution in [0.15, 0.2) is 18.2 Å². The maximum absolute atomic E-state index is 5.94. The van der Waals surface area contributed by atoms with E-state index in [0.717, 1.165) is 6.42 Å². The maximum atomic E-state index is 5.94. The van der Waals surface area contributed by atoms with Crippen LogP contribution >= 0.6 is 11.6 Å². The fraction of sp³-hybridized carbons (Fsp3) is 0.615. The smallest absolute Gasteiger partial charge is 0.214 e. The van der Waals surface area contributed by atoms with E-state index in [-0.39, 0.29) is 0 Å². The molecule has 1 aromatic rings. The quantitative estimate of drug-likeness (QED) is 0.742. The molecule has 0 aromatic carbocycles. The van der Waals surface area contributed by atoms with Crippen LogP contribution in [0.2, 0.25) is 5.15 Å². The average molecular weight is 240 g/mol. The fourth-order valence-corrected chi connectivity index (χ4v) is 2.56. The molecule has 1 saturated carbocycles. The number of aromatic nitrogens is 1. The molecule has 0 N–H and O–H groups in total. The SMILES string of the molecule is CCC1CCCCC1Oc1cccc(Cl)n1. The van der Waals surface area contributed by atoms with E-state index in [9.17, 15) is 0 Å². The van der Waals surface area contributed by atoms with Gasteiger partial charge < -0.3 is 4.74 Å². The van der Waals surface area contributed by atoms with E-state index in [0.29, 0.717) is 23.1 Å². The molecule has 1 aliphatic carbocycles. The number of ether oxygens (including phenoxy) is 1. The van der Waals surface area contributed by atoms with Crippen LogP contribution in [-0.4, -0.2) is 11.1 Å². The van der Waals surface area contributed by atoms with Gasteiger partial charge >= 0.3 is 0 Å². The number of halogens is 1. The predicted octanol–water partition coefficient (Wildman–Crippen LogP) is 4.08. The van der Waals surface area contributed by atoms with Gasteiger partial charge in [0.1, 0.15) is 11.3 Å². The zero-order valence-corrected chi connectivity index (χ0v) is 10.4. The van der Waals surface area contributed by atoms with Gasteiger partial charge in [0.15, 0.2) is 0 Å². The van der Waals surface area contributed by atoms with Crippen molar-refractivity contribution in [1.29, 1.82) is 0 Å². The molecule has 2 nitrogen and oxygen atoms in total. The minimum absolute atomic E-state index is 0.324. The van der Waals surface area contributed by atoms with Gasteiger partial charge in [0, 0.05) is 6.07 Å². The number of rotatable bonds is 3. The summed E-state index contributed by atoms with van der Waals surface area (Å²) in [5.74, 6) is 1.34. The van der Waals surface area contributed by atoms with E-state index in [1.807, 2.05) is 12.1 Å². The second kappa shape index (κ2) is 5.53. The first-order valence-corrected chi connectivity index (χ1v) is 6.46. The number of hydrogen-bond donors (Lipinski definition) is 0. The van der Waals surface area contributed by atoms with Crippen molar-refractivity contribution >= 4 is 11.6 Å². The molecule has 2 rings (SSSR count). The van der Waals surface area contributed by atoms with E-state index in [1.165, 1.54) is 25.7 Å². The van der Waals surface area contributed by atoms with Crippen LogP contribution in [0.5, 0.6) is 5.88 Å². The van der Waals surface area contributed by atoms with E-state index < -0.39 is 0 Å². The fourth-order valence-electron chi connectivity index (χ4n) is 2.41. The summed E-state index contributed by atoms with van der Waals surface area (Å²) in [6.07, 6.45) is 6.53. The van der Waals surface area contributed by atoms with Crippen molar-refractivity contribution in [2.45, 2.75) is 45.1 Å². The molecule has 0 radical (unpaired) electrons. The topological polar surface area (TPSA) is 22.1 Å². The summed E-state index contributed by atoms with van der Waals surface area (Å²) < 4.78 is 5.94. The van der Waals surface area contributed by atoms with Crippen molar-refractivity contribution in [3.05, 3.63) is 23.4 Å². The summed E-state index contributed by atoms with van der Waals surface area (Å²) in [6.45, 7) is 2.23. The maximum Gasteiger partial charge on any atom is 0.214 e. The third-order valence-corrected chi connectivity index (χ3v) is 3.54. The molecule has 88 valence electrons. The molecule has 0 spiro atoms. The monoisotopic (exact) mass is 239 g/mol. The molecule has 0 bridgehead atoms. The first-order valence-electron chi connectivity index (χ1n) is 6.09. The van der Waals surface area contributed by atoms with Crippen LogP contribution in [-0.2, 0) is 0 Å². The lowest BCUT2D eigenvalue weighted by molar-refractivity contribution is 0.0859. The molecular formula is C13H18ClNO. The first kappa shape index (κ1) is 11.7. The molecule has 2 unspecified atom stereocenters. The van der Waals surface area contributed by atoms with E-state index in [2.05, 4.69) is 11.9 Å². The highest BCUT2D eigenvalue weighted by molar-refractivity contribution is 6.29. The van der Waals surface area contributed by atoms with Crippen LogP contribution in [0.4, 0.5) is 0 Å². The summed E-state index contributed by atoms with van der Waals surface area (Å²) in [5, 5.41) is 0.501. The first-order chi connectivity index (χ1) is 7.79. The summed E-state index contributed by atoms with van der Waals surface area (Å²) in [5.41, 5.74) is 0. The summed E-state index contributed by atoms with van der Waals surface area (Å²) >= 11 is 5.84.